The Labute approximate surface area is 149 Å². The molecule has 0 N–H and O–H groups in total. The van der Waals surface area contributed by atoms with Gasteiger partial charge in [0.25, 0.3) is 0 Å². The van der Waals surface area contributed by atoms with Crippen LogP contribution in [0.15, 0.2) is 24.3 Å². The predicted octanol–water partition coefficient (Wildman–Crippen LogP) is 0.958. The fraction of sp³-hybridized carbons (Fsp3) is 0.611. The number of ether oxygens (including phenoxy) is 1. The fourth-order valence-electron chi connectivity index (χ4n) is 3.37. The van der Waals surface area contributed by atoms with Gasteiger partial charge < -0.3 is 9.64 Å². The zero-order valence-electron chi connectivity index (χ0n) is 14.8. The van der Waals surface area contributed by atoms with Crippen LogP contribution in [0.5, 0.6) is 5.75 Å². The van der Waals surface area contributed by atoms with Gasteiger partial charge in [0.2, 0.25) is 5.91 Å². The van der Waals surface area contributed by atoms with E-state index in [0.717, 1.165) is 12.2 Å². The highest BCUT2D eigenvalue weighted by Gasteiger charge is 2.35. The first-order valence-electron chi connectivity index (χ1n) is 8.81. The minimum atomic E-state index is -2.92. The number of sulfone groups is 1. The summed E-state index contributed by atoms with van der Waals surface area (Å²) in [5, 5.41) is 0. The van der Waals surface area contributed by atoms with E-state index in [1.165, 1.54) is 5.56 Å². The van der Waals surface area contributed by atoms with Gasteiger partial charge in [-0.2, -0.15) is 0 Å². The second kappa shape index (κ2) is 7.33. The van der Waals surface area contributed by atoms with E-state index in [9.17, 15) is 13.2 Å². The first-order chi connectivity index (χ1) is 11.9. The Morgan fingerprint density at radius 3 is 2.68 bits per heavy atom. The second-order valence-corrected chi connectivity index (χ2v) is 9.20. The molecule has 2 aliphatic heterocycles. The fourth-order valence-corrected chi connectivity index (χ4v) is 5.18. The Morgan fingerprint density at radius 1 is 1.32 bits per heavy atom. The monoisotopic (exact) mass is 366 g/mol. The molecule has 3 rings (SSSR count). The number of rotatable bonds is 6. The summed E-state index contributed by atoms with van der Waals surface area (Å²) >= 11 is 0. The van der Waals surface area contributed by atoms with Crippen LogP contribution in [-0.4, -0.2) is 74.5 Å². The van der Waals surface area contributed by atoms with E-state index in [2.05, 4.69) is 13.0 Å². The second-order valence-electron chi connectivity index (χ2n) is 6.97. The summed E-state index contributed by atoms with van der Waals surface area (Å²) < 4.78 is 29.1. The molecule has 1 amide bonds. The summed E-state index contributed by atoms with van der Waals surface area (Å²) in [5.41, 5.74) is 1.18. The molecule has 1 aromatic carbocycles. The van der Waals surface area contributed by atoms with Crippen molar-refractivity contribution in [1.29, 1.82) is 0 Å². The smallest absolute Gasteiger partial charge is 0.237 e. The highest BCUT2D eigenvalue weighted by atomic mass is 32.2. The molecule has 0 unspecified atom stereocenters. The molecule has 2 heterocycles. The number of nitrogens with zero attached hydrogens (tertiary/aromatic N) is 2. The molecule has 2 saturated heterocycles. The maximum atomic E-state index is 12.4. The van der Waals surface area contributed by atoms with E-state index < -0.39 is 9.84 Å². The molecule has 0 aliphatic carbocycles. The lowest BCUT2D eigenvalue weighted by molar-refractivity contribution is -0.141. The van der Waals surface area contributed by atoms with Gasteiger partial charge in [-0.3, -0.25) is 9.69 Å². The van der Waals surface area contributed by atoms with Gasteiger partial charge in [0.1, 0.15) is 11.9 Å². The van der Waals surface area contributed by atoms with Crippen LogP contribution in [0.4, 0.5) is 0 Å². The number of carbonyl (C=O) groups excluding carboxylic acids is 1. The number of hydrogen-bond acceptors (Lipinski definition) is 5. The minimum Gasteiger partial charge on any atom is -0.486 e. The predicted molar refractivity (Wildman–Crippen MR) is 96.5 cm³/mol. The zero-order chi connectivity index (χ0) is 18.0. The van der Waals surface area contributed by atoms with Crippen LogP contribution in [0, 0.1) is 0 Å². The topological polar surface area (TPSA) is 66.9 Å². The van der Waals surface area contributed by atoms with Gasteiger partial charge in [-0.05, 0) is 31.5 Å². The van der Waals surface area contributed by atoms with Crippen molar-refractivity contribution in [2.75, 3.05) is 38.2 Å². The maximum absolute atomic E-state index is 12.4. The molecule has 0 aromatic heterocycles. The van der Waals surface area contributed by atoms with Crippen LogP contribution < -0.4 is 4.74 Å². The molecule has 0 radical (unpaired) electrons. The Hall–Kier alpha value is -1.60. The van der Waals surface area contributed by atoms with Gasteiger partial charge in [0.15, 0.2) is 9.84 Å². The molecule has 2 fully saturated rings. The summed E-state index contributed by atoms with van der Waals surface area (Å²) in [6.45, 7) is 3.54. The largest absolute Gasteiger partial charge is 0.486 e. The van der Waals surface area contributed by atoms with Crippen molar-refractivity contribution >= 4 is 15.7 Å². The van der Waals surface area contributed by atoms with Crippen molar-refractivity contribution in [3.63, 3.8) is 0 Å². The lowest BCUT2D eigenvalue weighted by Crippen LogP contribution is -2.58. The Balaban J connectivity index is 1.45. The van der Waals surface area contributed by atoms with Gasteiger partial charge in [-0.25, -0.2) is 8.42 Å². The number of likely N-dealkylation sites (tertiary alicyclic amines) is 1. The third kappa shape index (κ3) is 4.33. The molecule has 0 saturated carbocycles. The highest BCUT2D eigenvalue weighted by molar-refractivity contribution is 7.91. The number of likely N-dealkylation sites (N-methyl/N-ethyl adjacent to an activating group) is 1. The van der Waals surface area contributed by atoms with Gasteiger partial charge >= 0.3 is 0 Å². The normalized spacial score (nSPS) is 22.8. The number of hydrogen-bond donors (Lipinski definition) is 0. The minimum absolute atomic E-state index is 0.0359. The third-order valence-corrected chi connectivity index (χ3v) is 6.81. The summed E-state index contributed by atoms with van der Waals surface area (Å²) in [7, 11) is -1.10. The Morgan fingerprint density at radius 2 is 2.04 bits per heavy atom. The van der Waals surface area contributed by atoms with Crippen molar-refractivity contribution in [3.8, 4) is 5.75 Å². The molecule has 0 bridgehead atoms. The summed E-state index contributed by atoms with van der Waals surface area (Å²) in [4.78, 5) is 16.0. The first-order valence-corrected chi connectivity index (χ1v) is 10.6. The maximum Gasteiger partial charge on any atom is 0.237 e. The van der Waals surface area contributed by atoms with Crippen molar-refractivity contribution in [2.45, 2.75) is 31.9 Å². The van der Waals surface area contributed by atoms with Gasteiger partial charge in [-0.1, -0.05) is 25.1 Å². The van der Waals surface area contributed by atoms with Crippen LogP contribution in [0.1, 0.15) is 18.9 Å². The summed E-state index contributed by atoms with van der Waals surface area (Å²) in [6, 6.07) is 7.94. The lowest BCUT2D eigenvalue weighted by atomic mass is 10.1. The Kier molecular flexibility index (Phi) is 5.34. The average Bonchev–Trinajstić information content (AvgIpc) is 2.90. The molecule has 7 heteroatoms. The van der Waals surface area contributed by atoms with Crippen LogP contribution in [-0.2, 0) is 21.1 Å². The number of carbonyl (C=O) groups is 1. The molecule has 0 spiro atoms. The molecular weight excluding hydrogens is 340 g/mol. The van der Waals surface area contributed by atoms with Gasteiger partial charge in [0.05, 0.1) is 31.1 Å². The third-order valence-electron chi connectivity index (χ3n) is 5.06. The van der Waals surface area contributed by atoms with E-state index in [0.29, 0.717) is 19.5 Å². The van der Waals surface area contributed by atoms with E-state index in [1.807, 2.05) is 30.1 Å². The molecular formula is C18H26N2O4S. The molecule has 6 nitrogen and oxygen atoms in total. The van der Waals surface area contributed by atoms with Crippen molar-refractivity contribution in [1.82, 2.24) is 9.80 Å². The molecule has 138 valence electrons. The first kappa shape index (κ1) is 18.2. The SMILES string of the molecule is CCc1ccccc1OC1CN(C(=O)CN(C)[C@H]2CCS(=O)(=O)C2)C1. The van der Waals surface area contributed by atoms with Crippen LogP contribution in [0.25, 0.3) is 0 Å². The Bertz CT molecular complexity index is 728. The highest BCUT2D eigenvalue weighted by Crippen LogP contribution is 2.23. The van der Waals surface area contributed by atoms with Gasteiger partial charge in [-0.15, -0.1) is 0 Å². The van der Waals surface area contributed by atoms with E-state index >= 15 is 0 Å². The van der Waals surface area contributed by atoms with Crippen molar-refractivity contribution in [2.24, 2.45) is 0 Å². The van der Waals surface area contributed by atoms with E-state index in [-0.39, 0.29) is 36.1 Å². The molecule has 2 aliphatic rings. The standard InChI is InChI=1S/C18H26N2O4S/c1-3-14-6-4-5-7-17(14)24-16-10-20(11-16)18(21)12-19(2)15-8-9-25(22,23)13-15/h4-7,15-16H,3,8-13H2,1-2H3/t15-/m0/s1. The summed E-state index contributed by atoms with van der Waals surface area (Å²) in [6.07, 6.45) is 1.57. The number of amides is 1. The van der Waals surface area contributed by atoms with E-state index in [4.69, 9.17) is 4.74 Å². The quantitative estimate of drug-likeness (QED) is 0.750. The molecule has 1 aromatic rings. The number of para-hydroxylation sites is 1. The lowest BCUT2D eigenvalue weighted by Gasteiger charge is -2.40. The number of aryl methyl sites for hydroxylation is 1. The summed E-state index contributed by atoms with van der Waals surface area (Å²) in [5.74, 6) is 1.33. The van der Waals surface area contributed by atoms with Gasteiger partial charge in [0, 0.05) is 6.04 Å². The van der Waals surface area contributed by atoms with Crippen LogP contribution in [0.2, 0.25) is 0 Å². The van der Waals surface area contributed by atoms with Crippen LogP contribution in [0.3, 0.4) is 0 Å². The van der Waals surface area contributed by atoms with Crippen molar-refractivity contribution in [3.05, 3.63) is 29.8 Å². The van der Waals surface area contributed by atoms with Crippen LogP contribution >= 0.6 is 0 Å². The molecule has 1 atom stereocenters. The zero-order valence-corrected chi connectivity index (χ0v) is 15.7. The molecule has 25 heavy (non-hydrogen) atoms. The number of benzene rings is 1. The van der Waals surface area contributed by atoms with E-state index in [1.54, 1.807) is 4.90 Å². The average molecular weight is 366 g/mol. The van der Waals surface area contributed by atoms with Crippen molar-refractivity contribution < 1.29 is 17.9 Å².